The van der Waals surface area contributed by atoms with Crippen molar-refractivity contribution in [2.45, 2.75) is 32.6 Å². The van der Waals surface area contributed by atoms with Crippen LogP contribution >= 0.6 is 11.6 Å². The van der Waals surface area contributed by atoms with E-state index < -0.39 is 0 Å². The summed E-state index contributed by atoms with van der Waals surface area (Å²) in [6.45, 7) is 3.91. The second-order valence-corrected chi connectivity index (χ2v) is 3.71. The molecule has 1 unspecified atom stereocenters. The molecule has 0 saturated carbocycles. The van der Waals surface area contributed by atoms with E-state index in [-0.39, 0.29) is 11.7 Å². The number of rotatable bonds is 4. The fraction of sp³-hybridized carbons (Fsp3) is 0.417. The second kappa shape index (κ2) is 5.16. The first kappa shape index (κ1) is 11.3. The molecular formula is C12H15ClO. The van der Waals surface area contributed by atoms with Crippen LogP contribution in [0.15, 0.2) is 24.3 Å². The van der Waals surface area contributed by atoms with Crippen LogP contribution in [0.4, 0.5) is 0 Å². The van der Waals surface area contributed by atoms with Crippen molar-refractivity contribution in [3.05, 3.63) is 34.9 Å². The van der Waals surface area contributed by atoms with Crippen LogP contribution in [0.3, 0.4) is 0 Å². The Morgan fingerprint density at radius 3 is 2.50 bits per heavy atom. The van der Waals surface area contributed by atoms with Gasteiger partial charge in [-0.05, 0) is 18.1 Å². The van der Waals surface area contributed by atoms with Crippen LogP contribution in [0.1, 0.15) is 38.2 Å². The molecule has 0 saturated heterocycles. The molecular weight excluding hydrogens is 196 g/mol. The van der Waals surface area contributed by atoms with E-state index in [4.69, 9.17) is 11.6 Å². The van der Waals surface area contributed by atoms with E-state index in [0.717, 1.165) is 12.0 Å². The first-order chi connectivity index (χ1) is 6.70. The minimum absolute atomic E-state index is 0.0336. The highest BCUT2D eigenvalue weighted by Crippen LogP contribution is 2.28. The minimum Gasteiger partial charge on any atom is -0.299 e. The maximum Gasteiger partial charge on any atom is 0.140 e. The Balaban J connectivity index is 3.01. The lowest BCUT2D eigenvalue weighted by atomic mass is 9.91. The largest absolute Gasteiger partial charge is 0.299 e. The number of hydrogen-bond donors (Lipinski definition) is 0. The summed E-state index contributed by atoms with van der Waals surface area (Å²) in [7, 11) is 0. The van der Waals surface area contributed by atoms with E-state index in [2.05, 4.69) is 0 Å². The average molecular weight is 211 g/mol. The summed E-state index contributed by atoms with van der Waals surface area (Å²) < 4.78 is 0. The van der Waals surface area contributed by atoms with Crippen LogP contribution in [0.5, 0.6) is 0 Å². The third-order valence-corrected chi connectivity index (χ3v) is 2.77. The molecule has 0 fully saturated rings. The van der Waals surface area contributed by atoms with Gasteiger partial charge in [0, 0.05) is 17.4 Å². The fourth-order valence-corrected chi connectivity index (χ4v) is 1.89. The van der Waals surface area contributed by atoms with Crippen molar-refractivity contribution in [3.63, 3.8) is 0 Å². The highest BCUT2D eigenvalue weighted by Gasteiger charge is 2.18. The smallest absolute Gasteiger partial charge is 0.140 e. The quantitative estimate of drug-likeness (QED) is 0.739. The zero-order chi connectivity index (χ0) is 10.6. The van der Waals surface area contributed by atoms with Gasteiger partial charge in [0.25, 0.3) is 0 Å². The standard InChI is InChI=1S/C12H15ClO/c1-3-9(12(14)4-2)10-7-5-6-8-11(10)13/h5-9H,3-4H2,1-2H3. The summed E-state index contributed by atoms with van der Waals surface area (Å²) in [5.74, 6) is 0.231. The predicted molar refractivity (Wildman–Crippen MR) is 59.8 cm³/mol. The Morgan fingerprint density at radius 2 is 2.00 bits per heavy atom. The number of carbonyl (C=O) groups is 1. The molecule has 2 heteroatoms. The Bertz CT molecular complexity index is 320. The molecule has 0 aliphatic carbocycles. The maximum atomic E-state index is 11.6. The zero-order valence-corrected chi connectivity index (χ0v) is 9.34. The molecule has 0 amide bonds. The van der Waals surface area contributed by atoms with Gasteiger partial charge in [0.1, 0.15) is 5.78 Å². The van der Waals surface area contributed by atoms with Crippen molar-refractivity contribution in [1.29, 1.82) is 0 Å². The van der Waals surface area contributed by atoms with Crippen LogP contribution in [0.2, 0.25) is 5.02 Å². The molecule has 1 nitrogen and oxygen atoms in total. The Labute approximate surface area is 90.1 Å². The molecule has 0 aliphatic rings. The average Bonchev–Trinajstić information content (AvgIpc) is 2.21. The van der Waals surface area contributed by atoms with Crippen molar-refractivity contribution in [2.75, 3.05) is 0 Å². The van der Waals surface area contributed by atoms with Gasteiger partial charge < -0.3 is 0 Å². The number of ketones is 1. The van der Waals surface area contributed by atoms with Gasteiger partial charge >= 0.3 is 0 Å². The van der Waals surface area contributed by atoms with Crippen molar-refractivity contribution >= 4 is 17.4 Å². The van der Waals surface area contributed by atoms with Crippen LogP contribution in [-0.2, 0) is 4.79 Å². The normalized spacial score (nSPS) is 12.5. The molecule has 0 spiro atoms. The van der Waals surface area contributed by atoms with Gasteiger partial charge in [0.2, 0.25) is 0 Å². The number of Topliss-reactive ketones (excluding diaryl/α,β-unsaturated/α-hetero) is 1. The molecule has 0 N–H and O–H groups in total. The van der Waals surface area contributed by atoms with Gasteiger partial charge in [0.05, 0.1) is 0 Å². The predicted octanol–water partition coefficient (Wildman–Crippen LogP) is 3.81. The van der Waals surface area contributed by atoms with Gasteiger partial charge in [0.15, 0.2) is 0 Å². The SMILES string of the molecule is CCC(=O)C(CC)c1ccccc1Cl. The van der Waals surface area contributed by atoms with Crippen LogP contribution < -0.4 is 0 Å². The van der Waals surface area contributed by atoms with Gasteiger partial charge in [-0.3, -0.25) is 4.79 Å². The first-order valence-electron chi connectivity index (χ1n) is 4.97. The summed E-state index contributed by atoms with van der Waals surface area (Å²) in [5, 5.41) is 0.696. The van der Waals surface area contributed by atoms with Crippen molar-refractivity contribution in [2.24, 2.45) is 0 Å². The Morgan fingerprint density at radius 1 is 1.36 bits per heavy atom. The molecule has 1 atom stereocenters. The summed E-state index contributed by atoms with van der Waals surface area (Å²) in [4.78, 5) is 11.6. The Kier molecular flexibility index (Phi) is 4.15. The lowest BCUT2D eigenvalue weighted by molar-refractivity contribution is -0.120. The van der Waals surface area contributed by atoms with E-state index in [9.17, 15) is 4.79 Å². The monoisotopic (exact) mass is 210 g/mol. The highest BCUT2D eigenvalue weighted by molar-refractivity contribution is 6.31. The van der Waals surface area contributed by atoms with Crippen LogP contribution in [0, 0.1) is 0 Å². The molecule has 0 heterocycles. The number of benzene rings is 1. The van der Waals surface area contributed by atoms with Gasteiger partial charge in [-0.25, -0.2) is 0 Å². The topological polar surface area (TPSA) is 17.1 Å². The van der Waals surface area contributed by atoms with E-state index in [1.54, 1.807) is 0 Å². The third kappa shape index (κ3) is 2.36. The molecule has 1 rings (SSSR count). The van der Waals surface area contributed by atoms with Crippen molar-refractivity contribution in [1.82, 2.24) is 0 Å². The molecule has 76 valence electrons. The summed E-state index contributed by atoms with van der Waals surface area (Å²) in [6.07, 6.45) is 1.39. The maximum absolute atomic E-state index is 11.6. The molecule has 1 aromatic carbocycles. The number of carbonyl (C=O) groups excluding carboxylic acids is 1. The van der Waals surface area contributed by atoms with Crippen LogP contribution in [-0.4, -0.2) is 5.78 Å². The third-order valence-electron chi connectivity index (χ3n) is 2.43. The molecule has 0 aromatic heterocycles. The molecule has 0 radical (unpaired) electrons. The van der Waals surface area contributed by atoms with E-state index in [0.29, 0.717) is 11.4 Å². The zero-order valence-electron chi connectivity index (χ0n) is 8.59. The van der Waals surface area contributed by atoms with E-state index in [1.165, 1.54) is 0 Å². The van der Waals surface area contributed by atoms with E-state index >= 15 is 0 Å². The van der Waals surface area contributed by atoms with Gasteiger partial charge in [-0.15, -0.1) is 0 Å². The lowest BCUT2D eigenvalue weighted by Gasteiger charge is -2.14. The molecule has 1 aromatic rings. The lowest BCUT2D eigenvalue weighted by Crippen LogP contribution is -2.10. The van der Waals surface area contributed by atoms with E-state index in [1.807, 2.05) is 38.1 Å². The Hall–Kier alpha value is -0.820. The van der Waals surface area contributed by atoms with Crippen LogP contribution in [0.25, 0.3) is 0 Å². The summed E-state index contributed by atoms with van der Waals surface area (Å²) in [6, 6.07) is 7.58. The summed E-state index contributed by atoms with van der Waals surface area (Å²) >= 11 is 6.05. The fourth-order valence-electron chi connectivity index (χ4n) is 1.63. The van der Waals surface area contributed by atoms with Crippen molar-refractivity contribution < 1.29 is 4.79 Å². The molecule has 14 heavy (non-hydrogen) atoms. The highest BCUT2D eigenvalue weighted by atomic mass is 35.5. The minimum atomic E-state index is -0.0336. The molecule has 0 bridgehead atoms. The van der Waals surface area contributed by atoms with Gasteiger partial charge in [-0.1, -0.05) is 43.6 Å². The van der Waals surface area contributed by atoms with Crippen molar-refractivity contribution in [3.8, 4) is 0 Å². The summed E-state index contributed by atoms with van der Waals surface area (Å²) in [5.41, 5.74) is 0.962. The second-order valence-electron chi connectivity index (χ2n) is 3.30. The number of hydrogen-bond acceptors (Lipinski definition) is 1. The molecule has 0 aliphatic heterocycles. The number of halogens is 1. The van der Waals surface area contributed by atoms with Gasteiger partial charge in [-0.2, -0.15) is 0 Å². The first-order valence-corrected chi connectivity index (χ1v) is 5.35.